The molecule has 0 bridgehead atoms. The van der Waals surface area contributed by atoms with Crippen LogP contribution in [-0.2, 0) is 25.4 Å². The molecular formula is C25H29BrN2O6. The SMILES string of the molecule is COC(=O)C1(NC(=O)OC(Cc2ccccc2)NC(=O)OC(C)(C)C)CC1c1ccccc1Br. The van der Waals surface area contributed by atoms with Crippen molar-refractivity contribution >= 4 is 34.1 Å². The van der Waals surface area contributed by atoms with Gasteiger partial charge in [-0.2, -0.15) is 0 Å². The predicted octanol–water partition coefficient (Wildman–Crippen LogP) is 4.67. The summed E-state index contributed by atoms with van der Waals surface area (Å²) in [6.07, 6.45) is -2.02. The molecule has 2 N–H and O–H groups in total. The molecule has 2 aromatic carbocycles. The lowest BCUT2D eigenvalue weighted by Crippen LogP contribution is -2.49. The lowest BCUT2D eigenvalue weighted by molar-refractivity contribution is -0.144. The fraction of sp³-hybridized carbons (Fsp3) is 0.400. The van der Waals surface area contributed by atoms with Gasteiger partial charge in [0.2, 0.25) is 0 Å². The zero-order valence-corrected chi connectivity index (χ0v) is 21.2. The van der Waals surface area contributed by atoms with Crippen molar-refractivity contribution in [3.8, 4) is 0 Å². The number of nitrogens with one attached hydrogen (secondary N) is 2. The number of hydrogen-bond donors (Lipinski definition) is 2. The Balaban J connectivity index is 1.74. The van der Waals surface area contributed by atoms with Crippen LogP contribution in [0, 0.1) is 0 Å². The Labute approximate surface area is 207 Å². The molecule has 1 aliphatic carbocycles. The maximum absolute atomic E-state index is 12.9. The van der Waals surface area contributed by atoms with Gasteiger partial charge in [-0.3, -0.25) is 5.32 Å². The summed E-state index contributed by atoms with van der Waals surface area (Å²) in [6, 6.07) is 16.7. The summed E-state index contributed by atoms with van der Waals surface area (Å²) in [5.41, 5.74) is -0.251. The molecule has 3 unspecified atom stereocenters. The third-order valence-electron chi connectivity index (χ3n) is 5.31. The molecule has 0 heterocycles. The third-order valence-corrected chi connectivity index (χ3v) is 6.03. The summed E-state index contributed by atoms with van der Waals surface area (Å²) in [4.78, 5) is 37.9. The number of carbonyl (C=O) groups excluding carboxylic acids is 3. The maximum atomic E-state index is 12.9. The van der Waals surface area contributed by atoms with Crippen LogP contribution < -0.4 is 10.6 Å². The number of esters is 1. The van der Waals surface area contributed by atoms with Crippen molar-refractivity contribution < 1.29 is 28.6 Å². The molecule has 2 amide bonds. The first-order valence-corrected chi connectivity index (χ1v) is 11.7. The van der Waals surface area contributed by atoms with Crippen molar-refractivity contribution in [2.75, 3.05) is 7.11 Å². The minimum Gasteiger partial charge on any atom is -0.467 e. The van der Waals surface area contributed by atoms with E-state index in [4.69, 9.17) is 14.2 Å². The van der Waals surface area contributed by atoms with E-state index in [2.05, 4.69) is 26.6 Å². The molecule has 0 aliphatic heterocycles. The number of ether oxygens (including phenoxy) is 3. The Morgan fingerprint density at radius 3 is 2.32 bits per heavy atom. The Hall–Kier alpha value is -3.07. The number of alkyl carbamates (subject to hydrolysis) is 2. The summed E-state index contributed by atoms with van der Waals surface area (Å²) in [5, 5.41) is 5.27. The van der Waals surface area contributed by atoms with Crippen LogP contribution in [0.15, 0.2) is 59.1 Å². The highest BCUT2D eigenvalue weighted by molar-refractivity contribution is 9.10. The minimum absolute atomic E-state index is 0.215. The summed E-state index contributed by atoms with van der Waals surface area (Å²) >= 11 is 3.50. The molecule has 3 rings (SSSR count). The number of rotatable bonds is 7. The van der Waals surface area contributed by atoms with E-state index in [-0.39, 0.29) is 12.3 Å². The Morgan fingerprint density at radius 1 is 1.06 bits per heavy atom. The molecule has 8 nitrogen and oxygen atoms in total. The van der Waals surface area contributed by atoms with Gasteiger partial charge >= 0.3 is 18.2 Å². The van der Waals surface area contributed by atoms with E-state index in [9.17, 15) is 14.4 Å². The highest BCUT2D eigenvalue weighted by Crippen LogP contribution is 2.54. The molecule has 2 aromatic rings. The van der Waals surface area contributed by atoms with E-state index in [0.29, 0.717) is 6.42 Å². The zero-order chi connectivity index (χ0) is 24.9. The lowest BCUT2D eigenvalue weighted by atomic mass is 10.1. The van der Waals surface area contributed by atoms with E-state index >= 15 is 0 Å². The summed E-state index contributed by atoms with van der Waals surface area (Å²) in [6.45, 7) is 5.21. The Kier molecular flexibility index (Phi) is 7.86. The number of halogens is 1. The topological polar surface area (TPSA) is 103 Å². The van der Waals surface area contributed by atoms with Gasteiger partial charge in [-0.05, 0) is 44.4 Å². The van der Waals surface area contributed by atoms with E-state index in [0.717, 1.165) is 15.6 Å². The molecule has 1 saturated carbocycles. The lowest BCUT2D eigenvalue weighted by Gasteiger charge is -2.25. The van der Waals surface area contributed by atoms with Crippen LogP contribution in [0.4, 0.5) is 9.59 Å². The molecule has 0 radical (unpaired) electrons. The van der Waals surface area contributed by atoms with Gasteiger partial charge in [0.05, 0.1) is 7.11 Å². The molecule has 0 saturated heterocycles. The summed E-state index contributed by atoms with van der Waals surface area (Å²) in [5.74, 6) is -0.848. The monoisotopic (exact) mass is 532 g/mol. The first-order valence-electron chi connectivity index (χ1n) is 10.9. The summed E-state index contributed by atoms with van der Waals surface area (Å²) in [7, 11) is 1.27. The molecular weight excluding hydrogens is 504 g/mol. The highest BCUT2D eigenvalue weighted by Gasteiger charge is 2.63. The smallest absolute Gasteiger partial charge is 0.410 e. The minimum atomic E-state index is -1.25. The number of methoxy groups -OCH3 is 1. The second-order valence-electron chi connectivity index (χ2n) is 9.10. The van der Waals surface area contributed by atoms with Crippen molar-refractivity contribution in [3.63, 3.8) is 0 Å². The fourth-order valence-corrected chi connectivity index (χ4v) is 4.28. The van der Waals surface area contributed by atoms with Gasteiger partial charge in [-0.1, -0.05) is 64.5 Å². The van der Waals surface area contributed by atoms with Crippen LogP contribution in [0.2, 0.25) is 0 Å². The fourth-order valence-electron chi connectivity index (χ4n) is 3.72. The van der Waals surface area contributed by atoms with Crippen LogP contribution >= 0.6 is 15.9 Å². The van der Waals surface area contributed by atoms with Crippen LogP contribution in [0.5, 0.6) is 0 Å². The largest absolute Gasteiger partial charge is 0.467 e. The molecule has 1 aliphatic rings. The van der Waals surface area contributed by atoms with Gasteiger partial charge in [0.15, 0.2) is 6.23 Å². The third kappa shape index (κ3) is 6.50. The van der Waals surface area contributed by atoms with Crippen molar-refractivity contribution in [2.45, 2.75) is 56.9 Å². The first kappa shape index (κ1) is 25.6. The number of hydrogen-bond acceptors (Lipinski definition) is 6. The van der Waals surface area contributed by atoms with Gasteiger partial charge in [0.1, 0.15) is 11.1 Å². The molecule has 3 atom stereocenters. The second kappa shape index (κ2) is 10.5. The van der Waals surface area contributed by atoms with Crippen molar-refractivity contribution in [3.05, 3.63) is 70.2 Å². The predicted molar refractivity (Wildman–Crippen MR) is 129 cm³/mol. The average molecular weight is 533 g/mol. The van der Waals surface area contributed by atoms with E-state index in [1.54, 1.807) is 20.8 Å². The average Bonchev–Trinajstić information content (AvgIpc) is 3.47. The standard InChI is InChI=1S/C25H29BrN2O6/c1-24(2,3)34-22(30)27-20(14-16-10-6-5-7-11-16)33-23(31)28-25(21(29)32-4)15-18(25)17-12-8-9-13-19(17)26/h5-13,18,20H,14-15H2,1-4H3,(H,27,30)(H,28,31). The van der Waals surface area contributed by atoms with Gasteiger partial charge in [0, 0.05) is 16.8 Å². The van der Waals surface area contributed by atoms with Gasteiger partial charge < -0.3 is 19.5 Å². The molecule has 34 heavy (non-hydrogen) atoms. The molecule has 182 valence electrons. The van der Waals surface area contributed by atoms with E-state index in [1.807, 2.05) is 54.6 Å². The Morgan fingerprint density at radius 2 is 1.71 bits per heavy atom. The molecule has 9 heteroatoms. The normalized spacial score (nSPS) is 20.0. The van der Waals surface area contributed by atoms with Crippen molar-refractivity contribution in [1.82, 2.24) is 10.6 Å². The number of carbonyl (C=O) groups is 3. The molecule has 1 fully saturated rings. The number of amides is 2. The summed E-state index contributed by atoms with van der Waals surface area (Å²) < 4.78 is 16.7. The quantitative estimate of drug-likeness (QED) is 0.305. The second-order valence-corrected chi connectivity index (χ2v) is 9.95. The van der Waals surface area contributed by atoms with Crippen LogP contribution in [0.3, 0.4) is 0 Å². The zero-order valence-electron chi connectivity index (χ0n) is 19.6. The van der Waals surface area contributed by atoms with Crippen LogP contribution in [0.1, 0.15) is 44.2 Å². The maximum Gasteiger partial charge on any atom is 0.410 e. The van der Waals surface area contributed by atoms with Gasteiger partial charge in [-0.25, -0.2) is 14.4 Å². The van der Waals surface area contributed by atoms with E-state index < -0.39 is 35.5 Å². The van der Waals surface area contributed by atoms with Crippen LogP contribution in [-0.4, -0.2) is 42.6 Å². The van der Waals surface area contributed by atoms with Gasteiger partial charge in [-0.15, -0.1) is 0 Å². The number of benzene rings is 2. The van der Waals surface area contributed by atoms with Gasteiger partial charge in [0.25, 0.3) is 0 Å². The van der Waals surface area contributed by atoms with Crippen molar-refractivity contribution in [2.24, 2.45) is 0 Å². The van der Waals surface area contributed by atoms with E-state index in [1.165, 1.54) is 7.11 Å². The molecule has 0 aromatic heterocycles. The highest BCUT2D eigenvalue weighted by atomic mass is 79.9. The molecule has 0 spiro atoms. The van der Waals surface area contributed by atoms with Crippen LogP contribution in [0.25, 0.3) is 0 Å². The Bertz CT molecular complexity index is 1040. The van der Waals surface area contributed by atoms with Crippen molar-refractivity contribution in [1.29, 1.82) is 0 Å². The first-order chi connectivity index (χ1) is 16.0.